The number of nitrogens with zero attached hydrogens (tertiary/aromatic N) is 2. The molecule has 2 aromatic heterocycles. The molecule has 3 nitrogen and oxygen atoms in total. The zero-order chi connectivity index (χ0) is 14.2. The van der Waals surface area contributed by atoms with E-state index in [4.69, 9.17) is 0 Å². The monoisotopic (exact) mass is 272 g/mol. The smallest absolute Gasteiger partial charge is 0.152 e. The molecule has 0 saturated carbocycles. The van der Waals surface area contributed by atoms with Crippen molar-refractivity contribution in [2.45, 2.75) is 0 Å². The number of hydrogen-bond acceptors (Lipinski definition) is 2. The van der Waals surface area contributed by atoms with Crippen LogP contribution in [0.5, 0.6) is 0 Å². The molecule has 21 heavy (non-hydrogen) atoms. The van der Waals surface area contributed by atoms with Gasteiger partial charge >= 0.3 is 0 Å². The lowest BCUT2D eigenvalue weighted by molar-refractivity contribution is 0.112. The first-order chi connectivity index (χ1) is 10.4. The molecule has 0 radical (unpaired) electrons. The van der Waals surface area contributed by atoms with Crippen LogP contribution >= 0.6 is 0 Å². The zero-order valence-corrected chi connectivity index (χ0v) is 11.2. The third kappa shape index (κ3) is 1.75. The summed E-state index contributed by atoms with van der Waals surface area (Å²) in [6.45, 7) is 0. The molecule has 2 aromatic carbocycles. The van der Waals surface area contributed by atoms with E-state index in [0.717, 1.165) is 28.4 Å². The van der Waals surface area contributed by atoms with E-state index in [1.165, 1.54) is 5.39 Å². The lowest BCUT2D eigenvalue weighted by Gasteiger charge is -2.08. The van der Waals surface area contributed by atoms with Crippen molar-refractivity contribution in [1.82, 2.24) is 9.55 Å². The Morgan fingerprint density at radius 3 is 2.62 bits per heavy atom. The van der Waals surface area contributed by atoms with E-state index < -0.39 is 0 Å². The summed E-state index contributed by atoms with van der Waals surface area (Å²) in [5.41, 5.74) is 2.49. The zero-order valence-electron chi connectivity index (χ0n) is 11.2. The van der Waals surface area contributed by atoms with Gasteiger partial charge in [0.25, 0.3) is 0 Å². The first kappa shape index (κ1) is 11.9. The molecule has 0 bridgehead atoms. The molecule has 0 aliphatic carbocycles. The molecule has 0 saturated heterocycles. The van der Waals surface area contributed by atoms with Crippen molar-refractivity contribution in [2.24, 2.45) is 0 Å². The second-order valence-corrected chi connectivity index (χ2v) is 4.95. The molecule has 0 amide bonds. The fourth-order valence-corrected chi connectivity index (χ4v) is 2.78. The molecule has 2 heterocycles. The Kier molecular flexibility index (Phi) is 2.57. The third-order valence-corrected chi connectivity index (χ3v) is 3.75. The van der Waals surface area contributed by atoms with Crippen LogP contribution in [0.3, 0.4) is 0 Å². The SMILES string of the molecule is O=Cc1cn(-c2cccc3ccccc23)c2ncccc12. The fourth-order valence-electron chi connectivity index (χ4n) is 2.78. The second-order valence-electron chi connectivity index (χ2n) is 4.95. The number of aldehydes is 1. The van der Waals surface area contributed by atoms with Crippen LogP contribution < -0.4 is 0 Å². The first-order valence-electron chi connectivity index (χ1n) is 6.78. The molecule has 0 unspecified atom stereocenters. The number of pyridine rings is 1. The summed E-state index contributed by atoms with van der Waals surface area (Å²) in [6, 6.07) is 18.1. The normalized spacial score (nSPS) is 11.0. The summed E-state index contributed by atoms with van der Waals surface area (Å²) < 4.78 is 1.99. The quantitative estimate of drug-likeness (QED) is 0.517. The predicted octanol–water partition coefficient (Wildman–Crippen LogP) is 3.99. The van der Waals surface area contributed by atoms with Crippen molar-refractivity contribution >= 4 is 28.1 Å². The van der Waals surface area contributed by atoms with Gasteiger partial charge in [-0.25, -0.2) is 4.98 Å². The van der Waals surface area contributed by atoms with Gasteiger partial charge in [0.2, 0.25) is 0 Å². The van der Waals surface area contributed by atoms with E-state index in [1.54, 1.807) is 6.20 Å². The minimum Gasteiger partial charge on any atom is -0.300 e. The number of carbonyl (C=O) groups excluding carboxylic acids is 1. The van der Waals surface area contributed by atoms with E-state index in [0.29, 0.717) is 5.56 Å². The maximum absolute atomic E-state index is 11.3. The maximum atomic E-state index is 11.3. The van der Waals surface area contributed by atoms with Crippen molar-refractivity contribution < 1.29 is 4.79 Å². The van der Waals surface area contributed by atoms with Gasteiger partial charge in [0.15, 0.2) is 6.29 Å². The summed E-state index contributed by atoms with van der Waals surface area (Å²) in [6.07, 6.45) is 4.48. The van der Waals surface area contributed by atoms with Gasteiger partial charge in [-0.1, -0.05) is 36.4 Å². The first-order valence-corrected chi connectivity index (χ1v) is 6.78. The minimum absolute atomic E-state index is 0.658. The highest BCUT2D eigenvalue weighted by Crippen LogP contribution is 2.27. The topological polar surface area (TPSA) is 34.9 Å². The van der Waals surface area contributed by atoms with Crippen LogP contribution in [0.4, 0.5) is 0 Å². The molecule has 100 valence electrons. The molecule has 4 aromatic rings. The van der Waals surface area contributed by atoms with Crippen LogP contribution in [0.1, 0.15) is 10.4 Å². The van der Waals surface area contributed by atoms with Crippen LogP contribution in [0, 0.1) is 0 Å². The van der Waals surface area contributed by atoms with Gasteiger partial charge < -0.3 is 0 Å². The van der Waals surface area contributed by atoms with Crippen LogP contribution in [0.2, 0.25) is 0 Å². The van der Waals surface area contributed by atoms with Gasteiger partial charge in [0.1, 0.15) is 5.65 Å². The average molecular weight is 272 g/mol. The molecule has 0 aliphatic heterocycles. The largest absolute Gasteiger partial charge is 0.300 e. The minimum atomic E-state index is 0.658. The van der Waals surface area contributed by atoms with E-state index in [1.807, 2.05) is 47.2 Å². The second kappa shape index (κ2) is 4.56. The summed E-state index contributed by atoms with van der Waals surface area (Å²) in [5.74, 6) is 0. The van der Waals surface area contributed by atoms with Gasteiger partial charge in [-0.15, -0.1) is 0 Å². The Hall–Kier alpha value is -2.94. The average Bonchev–Trinajstić information content (AvgIpc) is 2.93. The number of rotatable bonds is 2. The summed E-state index contributed by atoms with van der Waals surface area (Å²) in [4.78, 5) is 15.7. The predicted molar refractivity (Wildman–Crippen MR) is 84.0 cm³/mol. The Morgan fingerprint density at radius 2 is 1.71 bits per heavy atom. The van der Waals surface area contributed by atoms with Crippen molar-refractivity contribution in [3.05, 3.63) is 72.6 Å². The maximum Gasteiger partial charge on any atom is 0.152 e. The van der Waals surface area contributed by atoms with Crippen LogP contribution in [0.15, 0.2) is 67.0 Å². The van der Waals surface area contributed by atoms with Gasteiger partial charge in [-0.2, -0.15) is 0 Å². The lowest BCUT2D eigenvalue weighted by Crippen LogP contribution is -1.94. The summed E-state index contributed by atoms with van der Waals surface area (Å²) in [7, 11) is 0. The van der Waals surface area contributed by atoms with Crippen molar-refractivity contribution in [3.8, 4) is 5.69 Å². The highest BCUT2D eigenvalue weighted by atomic mass is 16.1. The molecule has 0 atom stereocenters. The fraction of sp³-hybridized carbons (Fsp3) is 0. The van der Waals surface area contributed by atoms with E-state index in [-0.39, 0.29) is 0 Å². The van der Waals surface area contributed by atoms with Crippen molar-refractivity contribution in [3.63, 3.8) is 0 Å². The molecule has 3 heteroatoms. The van der Waals surface area contributed by atoms with Gasteiger partial charge in [-0.3, -0.25) is 9.36 Å². The van der Waals surface area contributed by atoms with Gasteiger partial charge in [-0.05, 0) is 23.6 Å². The molecule has 0 aliphatic rings. The number of carbonyl (C=O) groups is 1. The van der Waals surface area contributed by atoms with E-state index in [2.05, 4.69) is 23.2 Å². The van der Waals surface area contributed by atoms with Gasteiger partial charge in [0.05, 0.1) is 5.69 Å². The van der Waals surface area contributed by atoms with Crippen LogP contribution in [-0.4, -0.2) is 15.8 Å². The van der Waals surface area contributed by atoms with Crippen molar-refractivity contribution in [1.29, 1.82) is 0 Å². The van der Waals surface area contributed by atoms with Crippen molar-refractivity contribution in [2.75, 3.05) is 0 Å². The number of aromatic nitrogens is 2. The Morgan fingerprint density at radius 1 is 0.905 bits per heavy atom. The Labute approximate surface area is 121 Å². The summed E-state index contributed by atoms with van der Waals surface area (Å²) in [5, 5.41) is 3.18. The molecule has 0 spiro atoms. The number of hydrogen-bond donors (Lipinski definition) is 0. The Balaban J connectivity index is 2.12. The highest BCUT2D eigenvalue weighted by molar-refractivity contribution is 5.99. The Bertz CT molecular complexity index is 964. The third-order valence-electron chi connectivity index (χ3n) is 3.75. The molecular formula is C18H12N2O. The summed E-state index contributed by atoms with van der Waals surface area (Å²) >= 11 is 0. The standard InChI is InChI=1S/C18H12N2O/c21-12-14-11-20(18-16(14)8-4-10-19-18)17-9-3-6-13-5-1-2-7-15(13)17/h1-12H. The van der Waals surface area contributed by atoms with Gasteiger partial charge in [0, 0.05) is 28.7 Å². The molecular weight excluding hydrogens is 260 g/mol. The number of benzene rings is 2. The molecule has 0 fully saturated rings. The van der Waals surface area contributed by atoms with Crippen LogP contribution in [0.25, 0.3) is 27.5 Å². The van der Waals surface area contributed by atoms with Crippen LogP contribution in [-0.2, 0) is 0 Å². The molecule has 0 N–H and O–H groups in total. The number of fused-ring (bicyclic) bond motifs is 2. The lowest BCUT2D eigenvalue weighted by atomic mass is 10.1. The highest BCUT2D eigenvalue weighted by Gasteiger charge is 2.11. The van der Waals surface area contributed by atoms with E-state index >= 15 is 0 Å². The van der Waals surface area contributed by atoms with E-state index in [9.17, 15) is 4.79 Å². The molecule has 4 rings (SSSR count).